The molecule has 0 saturated heterocycles. The zero-order chi connectivity index (χ0) is 13.1. The molecule has 2 rings (SSSR count). The molecule has 0 saturated carbocycles. The average Bonchev–Trinajstić information content (AvgIpc) is 2.84. The van der Waals surface area contributed by atoms with Crippen molar-refractivity contribution >= 4 is 5.91 Å². The second-order valence-corrected chi connectivity index (χ2v) is 3.94. The van der Waals surface area contributed by atoms with Crippen molar-refractivity contribution in [3.63, 3.8) is 0 Å². The maximum Gasteiger partial charge on any atom is 0.257 e. The monoisotopic (exact) mass is 247 g/mol. The molecule has 0 aliphatic rings. The van der Waals surface area contributed by atoms with Gasteiger partial charge in [0.15, 0.2) is 0 Å². The standard InChI is InChI=1S/C13H13NO4/c1-14(8-10-3-2-6-18-10)13(17)11-7-9(15)4-5-12(11)16/h2-7,15-16H,8H2,1H3. The predicted molar refractivity (Wildman–Crippen MR) is 64.3 cm³/mol. The predicted octanol–water partition coefficient (Wildman–Crippen LogP) is 1.96. The third-order valence-electron chi connectivity index (χ3n) is 2.53. The fraction of sp³-hybridized carbons (Fsp3) is 0.154. The number of hydrogen-bond acceptors (Lipinski definition) is 4. The van der Waals surface area contributed by atoms with Crippen LogP contribution < -0.4 is 0 Å². The first-order chi connectivity index (χ1) is 8.58. The van der Waals surface area contributed by atoms with E-state index in [1.54, 1.807) is 19.2 Å². The van der Waals surface area contributed by atoms with Gasteiger partial charge in [0.05, 0.1) is 18.4 Å². The molecule has 1 aromatic carbocycles. The number of carbonyl (C=O) groups excluding carboxylic acids is 1. The average molecular weight is 247 g/mol. The highest BCUT2D eigenvalue weighted by atomic mass is 16.3. The van der Waals surface area contributed by atoms with E-state index < -0.39 is 0 Å². The quantitative estimate of drug-likeness (QED) is 0.813. The van der Waals surface area contributed by atoms with Gasteiger partial charge in [0.25, 0.3) is 5.91 Å². The van der Waals surface area contributed by atoms with Gasteiger partial charge in [-0.2, -0.15) is 0 Å². The van der Waals surface area contributed by atoms with Crippen LogP contribution in [0.5, 0.6) is 11.5 Å². The van der Waals surface area contributed by atoms with Gasteiger partial charge in [-0.25, -0.2) is 0 Å². The van der Waals surface area contributed by atoms with E-state index in [0.717, 1.165) is 0 Å². The molecule has 0 atom stereocenters. The van der Waals surface area contributed by atoms with Crippen molar-refractivity contribution in [3.05, 3.63) is 47.9 Å². The third-order valence-corrected chi connectivity index (χ3v) is 2.53. The zero-order valence-electron chi connectivity index (χ0n) is 9.83. The first-order valence-corrected chi connectivity index (χ1v) is 5.38. The van der Waals surface area contributed by atoms with E-state index in [0.29, 0.717) is 12.3 Å². The first kappa shape index (κ1) is 12.0. The van der Waals surface area contributed by atoms with Crippen molar-refractivity contribution in [1.29, 1.82) is 0 Å². The Bertz CT molecular complexity index is 548. The molecule has 0 aliphatic carbocycles. The summed E-state index contributed by atoms with van der Waals surface area (Å²) in [5.41, 5.74) is 0.0593. The SMILES string of the molecule is CN(Cc1ccco1)C(=O)c1cc(O)ccc1O. The second kappa shape index (κ2) is 4.83. The molecule has 0 bridgehead atoms. The number of phenols is 2. The van der Waals surface area contributed by atoms with Crippen LogP contribution in [0.15, 0.2) is 41.0 Å². The van der Waals surface area contributed by atoms with Gasteiger partial charge in [0, 0.05) is 7.05 Å². The molecule has 2 N–H and O–H groups in total. The highest BCUT2D eigenvalue weighted by molar-refractivity contribution is 5.97. The molecular formula is C13H13NO4. The number of phenolic OH excluding ortho intramolecular Hbond substituents is 2. The Morgan fingerprint density at radius 1 is 1.33 bits per heavy atom. The lowest BCUT2D eigenvalue weighted by molar-refractivity contribution is 0.0772. The van der Waals surface area contributed by atoms with Crippen LogP contribution in [0.25, 0.3) is 0 Å². The first-order valence-electron chi connectivity index (χ1n) is 5.38. The summed E-state index contributed by atoms with van der Waals surface area (Å²) >= 11 is 0. The molecule has 1 heterocycles. The summed E-state index contributed by atoms with van der Waals surface area (Å²) in [6.07, 6.45) is 1.53. The minimum atomic E-state index is -0.389. The Labute approximate surface area is 104 Å². The normalized spacial score (nSPS) is 10.3. The highest BCUT2D eigenvalue weighted by Crippen LogP contribution is 2.23. The van der Waals surface area contributed by atoms with Crippen LogP contribution in [0, 0.1) is 0 Å². The number of hydrogen-bond donors (Lipinski definition) is 2. The summed E-state index contributed by atoms with van der Waals surface area (Å²) in [6, 6.07) is 7.32. The summed E-state index contributed by atoms with van der Waals surface area (Å²) in [5.74, 6) is 0.0249. The molecule has 1 amide bonds. The minimum Gasteiger partial charge on any atom is -0.508 e. The molecule has 1 aromatic heterocycles. The Balaban J connectivity index is 2.17. The van der Waals surface area contributed by atoms with E-state index in [-0.39, 0.29) is 23.0 Å². The van der Waals surface area contributed by atoms with Gasteiger partial charge in [-0.1, -0.05) is 0 Å². The highest BCUT2D eigenvalue weighted by Gasteiger charge is 2.17. The number of benzene rings is 1. The van der Waals surface area contributed by atoms with E-state index in [4.69, 9.17) is 4.42 Å². The topological polar surface area (TPSA) is 73.9 Å². The van der Waals surface area contributed by atoms with Crippen molar-refractivity contribution in [3.8, 4) is 11.5 Å². The van der Waals surface area contributed by atoms with E-state index in [1.807, 2.05) is 0 Å². The van der Waals surface area contributed by atoms with E-state index in [2.05, 4.69) is 0 Å². The van der Waals surface area contributed by atoms with Gasteiger partial charge in [-0.3, -0.25) is 4.79 Å². The van der Waals surface area contributed by atoms with Gasteiger partial charge < -0.3 is 19.5 Å². The van der Waals surface area contributed by atoms with Gasteiger partial charge >= 0.3 is 0 Å². The van der Waals surface area contributed by atoms with Crippen molar-refractivity contribution in [2.45, 2.75) is 6.54 Å². The molecular weight excluding hydrogens is 234 g/mol. The van der Waals surface area contributed by atoms with Crippen LogP contribution in [0.2, 0.25) is 0 Å². The van der Waals surface area contributed by atoms with E-state index in [1.165, 1.54) is 29.4 Å². The van der Waals surface area contributed by atoms with Crippen molar-refractivity contribution < 1.29 is 19.4 Å². The summed E-state index contributed by atoms with van der Waals surface area (Å²) in [7, 11) is 1.59. The number of amides is 1. The van der Waals surface area contributed by atoms with Gasteiger partial charge in [-0.15, -0.1) is 0 Å². The molecule has 0 aliphatic heterocycles. The Morgan fingerprint density at radius 3 is 2.78 bits per heavy atom. The van der Waals surface area contributed by atoms with Crippen LogP contribution in [0.4, 0.5) is 0 Å². The fourth-order valence-electron chi connectivity index (χ4n) is 1.61. The van der Waals surface area contributed by atoms with Crippen LogP contribution in [0.3, 0.4) is 0 Å². The summed E-state index contributed by atoms with van der Waals surface area (Å²) < 4.78 is 5.14. The Kier molecular flexibility index (Phi) is 3.23. The minimum absolute atomic E-state index is 0.0593. The number of furan rings is 1. The molecule has 0 fully saturated rings. The Hall–Kier alpha value is -2.43. The molecule has 18 heavy (non-hydrogen) atoms. The Morgan fingerprint density at radius 2 is 2.11 bits per heavy atom. The van der Waals surface area contributed by atoms with Gasteiger partial charge in [0.2, 0.25) is 0 Å². The maximum absolute atomic E-state index is 12.1. The van der Waals surface area contributed by atoms with Crippen molar-refractivity contribution in [2.24, 2.45) is 0 Å². The zero-order valence-corrected chi connectivity index (χ0v) is 9.83. The lowest BCUT2D eigenvalue weighted by Gasteiger charge is -2.16. The number of aromatic hydroxyl groups is 2. The fourth-order valence-corrected chi connectivity index (χ4v) is 1.61. The lowest BCUT2D eigenvalue weighted by atomic mass is 10.1. The molecule has 0 spiro atoms. The number of rotatable bonds is 3. The lowest BCUT2D eigenvalue weighted by Crippen LogP contribution is -2.26. The summed E-state index contributed by atoms with van der Waals surface area (Å²) in [5, 5.41) is 18.9. The third kappa shape index (κ3) is 2.45. The second-order valence-electron chi connectivity index (χ2n) is 3.94. The summed E-state index contributed by atoms with van der Waals surface area (Å²) in [4.78, 5) is 13.5. The van der Waals surface area contributed by atoms with Crippen LogP contribution in [-0.2, 0) is 6.54 Å². The van der Waals surface area contributed by atoms with E-state index in [9.17, 15) is 15.0 Å². The summed E-state index contributed by atoms with van der Waals surface area (Å²) in [6.45, 7) is 0.293. The molecule has 0 unspecified atom stereocenters. The van der Waals surface area contributed by atoms with E-state index >= 15 is 0 Å². The number of carbonyl (C=O) groups is 1. The van der Waals surface area contributed by atoms with Crippen molar-refractivity contribution in [2.75, 3.05) is 7.05 Å². The van der Waals surface area contributed by atoms with Gasteiger partial charge in [-0.05, 0) is 30.3 Å². The van der Waals surface area contributed by atoms with Crippen molar-refractivity contribution in [1.82, 2.24) is 4.90 Å². The largest absolute Gasteiger partial charge is 0.508 e. The molecule has 5 heteroatoms. The maximum atomic E-state index is 12.1. The van der Waals surface area contributed by atoms with Gasteiger partial charge in [0.1, 0.15) is 17.3 Å². The van der Waals surface area contributed by atoms with Crippen LogP contribution in [-0.4, -0.2) is 28.1 Å². The molecule has 5 nitrogen and oxygen atoms in total. The van der Waals surface area contributed by atoms with Crippen LogP contribution >= 0.6 is 0 Å². The molecule has 2 aromatic rings. The molecule has 94 valence electrons. The number of nitrogens with zero attached hydrogens (tertiary/aromatic N) is 1. The van der Waals surface area contributed by atoms with Crippen LogP contribution in [0.1, 0.15) is 16.1 Å². The molecule has 0 radical (unpaired) electrons. The smallest absolute Gasteiger partial charge is 0.257 e.